The highest BCUT2D eigenvalue weighted by atomic mass is 32.1. The van der Waals surface area contributed by atoms with Crippen LogP contribution in [0.4, 0.5) is 5.69 Å². The zero-order chi connectivity index (χ0) is 15.9. The molecule has 0 aliphatic carbocycles. The summed E-state index contributed by atoms with van der Waals surface area (Å²) < 4.78 is 11.5. The van der Waals surface area contributed by atoms with Crippen LogP contribution < -0.4 is 15.4 Å². The van der Waals surface area contributed by atoms with Gasteiger partial charge in [-0.2, -0.15) is 0 Å². The van der Waals surface area contributed by atoms with Crippen molar-refractivity contribution in [1.82, 2.24) is 5.32 Å². The largest absolute Gasteiger partial charge is 0.455 e. The standard InChI is InChI=1S/C18H20N2O2S/c23-18(19-13-15-9-6-12-21-15)20-16-10-4-5-11-17(16)22-14-7-2-1-3-8-14/h1-5,7-8,10-11,15H,6,9,12-13H2,(H2,19,20,23). The zero-order valence-corrected chi connectivity index (χ0v) is 13.6. The van der Waals surface area contributed by atoms with Crippen molar-refractivity contribution < 1.29 is 9.47 Å². The number of hydrogen-bond donors (Lipinski definition) is 2. The second kappa shape index (κ2) is 7.94. The SMILES string of the molecule is S=C(NCC1CCCO1)Nc1ccccc1Oc1ccccc1. The van der Waals surface area contributed by atoms with Crippen LogP contribution in [0.3, 0.4) is 0 Å². The van der Waals surface area contributed by atoms with E-state index in [1.807, 2.05) is 54.6 Å². The first kappa shape index (κ1) is 15.8. The molecule has 0 aromatic heterocycles. The lowest BCUT2D eigenvalue weighted by molar-refractivity contribution is 0.114. The van der Waals surface area contributed by atoms with Crippen molar-refractivity contribution in [2.45, 2.75) is 18.9 Å². The number of benzene rings is 2. The Morgan fingerprint density at radius 3 is 2.70 bits per heavy atom. The summed E-state index contributed by atoms with van der Waals surface area (Å²) in [5.74, 6) is 1.53. The molecule has 4 nitrogen and oxygen atoms in total. The van der Waals surface area contributed by atoms with Gasteiger partial charge in [-0.3, -0.25) is 0 Å². The summed E-state index contributed by atoms with van der Waals surface area (Å²) >= 11 is 5.36. The number of thiocarbonyl (C=S) groups is 1. The highest BCUT2D eigenvalue weighted by Gasteiger charge is 2.15. The molecule has 0 saturated carbocycles. The topological polar surface area (TPSA) is 42.5 Å². The normalized spacial score (nSPS) is 16.8. The molecule has 23 heavy (non-hydrogen) atoms. The Morgan fingerprint density at radius 1 is 1.13 bits per heavy atom. The van der Waals surface area contributed by atoms with E-state index in [4.69, 9.17) is 21.7 Å². The van der Waals surface area contributed by atoms with Crippen molar-refractivity contribution in [3.05, 3.63) is 54.6 Å². The van der Waals surface area contributed by atoms with Gasteiger partial charge < -0.3 is 20.1 Å². The summed E-state index contributed by atoms with van der Waals surface area (Å²) in [5.41, 5.74) is 0.834. The van der Waals surface area contributed by atoms with E-state index in [2.05, 4.69) is 10.6 Å². The molecule has 1 heterocycles. The zero-order valence-electron chi connectivity index (χ0n) is 12.8. The Bertz CT molecular complexity index is 642. The summed E-state index contributed by atoms with van der Waals surface area (Å²) in [6.45, 7) is 1.58. The molecule has 1 unspecified atom stereocenters. The molecule has 0 amide bonds. The minimum Gasteiger partial charge on any atom is -0.455 e. The number of anilines is 1. The van der Waals surface area contributed by atoms with E-state index in [0.29, 0.717) is 5.11 Å². The first-order valence-corrected chi connectivity index (χ1v) is 8.20. The van der Waals surface area contributed by atoms with E-state index in [-0.39, 0.29) is 6.10 Å². The second-order valence-electron chi connectivity index (χ2n) is 5.38. The molecule has 1 atom stereocenters. The van der Waals surface area contributed by atoms with Gasteiger partial charge in [-0.1, -0.05) is 30.3 Å². The average Bonchev–Trinajstić information content (AvgIpc) is 3.09. The highest BCUT2D eigenvalue weighted by molar-refractivity contribution is 7.80. The summed E-state index contributed by atoms with van der Waals surface area (Å²) in [4.78, 5) is 0. The van der Waals surface area contributed by atoms with Gasteiger partial charge >= 0.3 is 0 Å². The van der Waals surface area contributed by atoms with Crippen LogP contribution in [0.15, 0.2) is 54.6 Å². The fraction of sp³-hybridized carbons (Fsp3) is 0.278. The van der Waals surface area contributed by atoms with Gasteiger partial charge in [0.1, 0.15) is 5.75 Å². The highest BCUT2D eigenvalue weighted by Crippen LogP contribution is 2.28. The van der Waals surface area contributed by atoms with Gasteiger partial charge in [-0.15, -0.1) is 0 Å². The van der Waals surface area contributed by atoms with Crippen LogP contribution in [0, 0.1) is 0 Å². The van der Waals surface area contributed by atoms with Crippen molar-refractivity contribution in [1.29, 1.82) is 0 Å². The number of ether oxygens (including phenoxy) is 2. The van der Waals surface area contributed by atoms with E-state index in [0.717, 1.165) is 43.2 Å². The van der Waals surface area contributed by atoms with Gasteiger partial charge in [-0.25, -0.2) is 0 Å². The predicted molar refractivity (Wildman–Crippen MR) is 96.2 cm³/mol. The summed E-state index contributed by atoms with van der Waals surface area (Å²) in [6, 6.07) is 17.4. The van der Waals surface area contributed by atoms with Crippen molar-refractivity contribution in [2.75, 3.05) is 18.5 Å². The van der Waals surface area contributed by atoms with Crippen molar-refractivity contribution >= 4 is 23.0 Å². The Balaban J connectivity index is 1.59. The molecule has 5 heteroatoms. The van der Waals surface area contributed by atoms with Crippen LogP contribution in [-0.4, -0.2) is 24.4 Å². The maximum absolute atomic E-state index is 5.91. The molecular formula is C18H20N2O2S. The first-order valence-electron chi connectivity index (χ1n) is 7.79. The van der Waals surface area contributed by atoms with Crippen LogP contribution in [0.2, 0.25) is 0 Å². The molecular weight excluding hydrogens is 308 g/mol. The number of nitrogens with one attached hydrogen (secondary N) is 2. The molecule has 2 aromatic rings. The Kier molecular flexibility index (Phi) is 5.45. The summed E-state index contributed by atoms with van der Waals surface area (Å²) in [6.07, 6.45) is 2.47. The molecule has 0 bridgehead atoms. The first-order chi connectivity index (χ1) is 11.3. The van der Waals surface area contributed by atoms with Crippen molar-refractivity contribution in [3.8, 4) is 11.5 Å². The minimum atomic E-state index is 0.255. The van der Waals surface area contributed by atoms with Crippen LogP contribution in [-0.2, 0) is 4.74 Å². The molecule has 0 radical (unpaired) electrons. The van der Waals surface area contributed by atoms with E-state index >= 15 is 0 Å². The van der Waals surface area contributed by atoms with E-state index in [9.17, 15) is 0 Å². The quantitative estimate of drug-likeness (QED) is 0.814. The predicted octanol–water partition coefficient (Wildman–Crippen LogP) is 3.94. The number of para-hydroxylation sites is 3. The van der Waals surface area contributed by atoms with Gasteiger partial charge in [0.2, 0.25) is 0 Å². The van der Waals surface area contributed by atoms with Crippen molar-refractivity contribution in [3.63, 3.8) is 0 Å². The summed E-state index contributed by atoms with van der Waals surface area (Å²) in [7, 11) is 0. The molecule has 1 aliphatic rings. The van der Waals surface area contributed by atoms with Crippen LogP contribution in [0.5, 0.6) is 11.5 Å². The molecule has 2 N–H and O–H groups in total. The Hall–Kier alpha value is -2.11. The molecule has 3 rings (SSSR count). The lowest BCUT2D eigenvalue weighted by Gasteiger charge is -2.16. The third-order valence-electron chi connectivity index (χ3n) is 3.62. The van der Waals surface area contributed by atoms with Gasteiger partial charge in [-0.05, 0) is 49.3 Å². The molecule has 1 aliphatic heterocycles. The monoisotopic (exact) mass is 328 g/mol. The fourth-order valence-corrected chi connectivity index (χ4v) is 2.65. The van der Waals surface area contributed by atoms with Gasteiger partial charge in [0.25, 0.3) is 0 Å². The lowest BCUT2D eigenvalue weighted by atomic mass is 10.2. The van der Waals surface area contributed by atoms with Gasteiger partial charge in [0.05, 0.1) is 11.8 Å². The maximum Gasteiger partial charge on any atom is 0.170 e. The Morgan fingerprint density at radius 2 is 1.91 bits per heavy atom. The minimum absolute atomic E-state index is 0.255. The second-order valence-corrected chi connectivity index (χ2v) is 5.79. The van der Waals surface area contributed by atoms with E-state index in [1.54, 1.807) is 0 Å². The molecule has 0 spiro atoms. The van der Waals surface area contributed by atoms with Crippen LogP contribution in [0.25, 0.3) is 0 Å². The van der Waals surface area contributed by atoms with E-state index in [1.165, 1.54) is 0 Å². The molecule has 120 valence electrons. The Labute approximate surface area is 141 Å². The molecule has 1 saturated heterocycles. The average molecular weight is 328 g/mol. The maximum atomic E-state index is 5.91. The third kappa shape index (κ3) is 4.68. The number of rotatable bonds is 5. The lowest BCUT2D eigenvalue weighted by Crippen LogP contribution is -2.34. The smallest absolute Gasteiger partial charge is 0.170 e. The van der Waals surface area contributed by atoms with Crippen molar-refractivity contribution in [2.24, 2.45) is 0 Å². The van der Waals surface area contributed by atoms with Crippen LogP contribution in [0.1, 0.15) is 12.8 Å². The summed E-state index contributed by atoms with van der Waals surface area (Å²) in [5, 5.41) is 6.97. The number of hydrogen-bond acceptors (Lipinski definition) is 3. The fourth-order valence-electron chi connectivity index (χ4n) is 2.45. The van der Waals surface area contributed by atoms with Gasteiger partial charge in [0, 0.05) is 13.2 Å². The third-order valence-corrected chi connectivity index (χ3v) is 3.87. The van der Waals surface area contributed by atoms with Gasteiger partial charge in [0.15, 0.2) is 10.9 Å². The molecule has 1 fully saturated rings. The van der Waals surface area contributed by atoms with Crippen LogP contribution >= 0.6 is 12.2 Å². The molecule has 2 aromatic carbocycles. The van der Waals surface area contributed by atoms with E-state index < -0.39 is 0 Å².